The van der Waals surface area contributed by atoms with Gasteiger partial charge in [0.15, 0.2) is 6.04 Å². The molecule has 52 heavy (non-hydrogen) atoms. The van der Waals surface area contributed by atoms with Crippen LogP contribution in [0.4, 0.5) is 4.79 Å². The number of hydrogen-bond donors (Lipinski definition) is 3. The summed E-state index contributed by atoms with van der Waals surface area (Å²) in [5, 5.41) is 25.0. The number of aliphatic carboxylic acids is 1. The molecule has 0 spiro atoms. The first kappa shape index (κ1) is 35.8. The second-order valence-corrected chi connectivity index (χ2v) is 13.8. The highest BCUT2D eigenvalue weighted by Crippen LogP contribution is 2.44. The molecule has 6 rings (SSSR count). The monoisotopic (exact) mass is 703 g/mol. The maximum Gasteiger partial charge on any atom is 0.407 e. The van der Waals surface area contributed by atoms with Crippen LogP contribution in [-0.4, -0.2) is 62.3 Å². The molecule has 1 aliphatic carbocycles. The molecular formula is C40H41N5O7. The third kappa shape index (κ3) is 8.63. The lowest BCUT2D eigenvalue weighted by molar-refractivity contribution is -0.159. The molecule has 2 atom stereocenters. The van der Waals surface area contributed by atoms with Gasteiger partial charge in [0.2, 0.25) is 5.91 Å². The van der Waals surface area contributed by atoms with Gasteiger partial charge in [0.1, 0.15) is 23.9 Å². The number of carbonyl (C=O) groups excluding carboxylic acids is 3. The molecule has 12 heteroatoms. The number of hydrogen-bond acceptors (Lipinski definition) is 8. The van der Waals surface area contributed by atoms with Crippen molar-refractivity contribution < 1.29 is 33.8 Å². The second-order valence-electron chi connectivity index (χ2n) is 13.8. The number of aromatic nitrogens is 3. The van der Waals surface area contributed by atoms with E-state index in [9.17, 15) is 24.3 Å². The molecule has 1 heterocycles. The average molecular weight is 704 g/mol. The van der Waals surface area contributed by atoms with E-state index in [-0.39, 0.29) is 38.3 Å². The molecule has 1 aromatic heterocycles. The highest BCUT2D eigenvalue weighted by atomic mass is 16.6. The minimum Gasteiger partial charge on any atom is -0.481 e. The molecule has 12 nitrogen and oxygen atoms in total. The van der Waals surface area contributed by atoms with Gasteiger partial charge in [0.25, 0.3) is 0 Å². The Balaban J connectivity index is 1.15. The van der Waals surface area contributed by atoms with E-state index in [1.165, 1.54) is 10.9 Å². The Labute approximate surface area is 301 Å². The summed E-state index contributed by atoms with van der Waals surface area (Å²) in [6.07, 6.45) is 0.579. The largest absolute Gasteiger partial charge is 0.481 e. The number of esters is 1. The van der Waals surface area contributed by atoms with Gasteiger partial charge in [-0.05, 0) is 65.8 Å². The van der Waals surface area contributed by atoms with Gasteiger partial charge in [0.05, 0.1) is 12.7 Å². The zero-order chi connectivity index (χ0) is 36.8. The summed E-state index contributed by atoms with van der Waals surface area (Å²) in [5.41, 5.74) is 4.73. The third-order valence-electron chi connectivity index (χ3n) is 8.84. The molecule has 0 saturated heterocycles. The minimum absolute atomic E-state index is 0.0582. The molecular weight excluding hydrogens is 662 g/mol. The predicted molar refractivity (Wildman–Crippen MR) is 193 cm³/mol. The van der Waals surface area contributed by atoms with Crippen molar-refractivity contribution in [1.82, 2.24) is 25.6 Å². The fraction of sp³-hybridized carbons (Fsp3) is 0.300. The van der Waals surface area contributed by atoms with Crippen LogP contribution in [-0.2, 0) is 36.8 Å². The van der Waals surface area contributed by atoms with E-state index in [0.717, 1.165) is 38.6 Å². The molecule has 0 saturated carbocycles. The smallest absolute Gasteiger partial charge is 0.407 e. The number of fused-ring (bicyclic) bond motifs is 4. The summed E-state index contributed by atoms with van der Waals surface area (Å²) in [5.74, 6) is -2.33. The Kier molecular flexibility index (Phi) is 10.6. The number of benzene rings is 4. The van der Waals surface area contributed by atoms with E-state index in [0.29, 0.717) is 5.69 Å². The van der Waals surface area contributed by atoms with Gasteiger partial charge in [-0.2, -0.15) is 0 Å². The van der Waals surface area contributed by atoms with Gasteiger partial charge >= 0.3 is 18.0 Å². The molecule has 268 valence electrons. The number of carboxylic acid groups (broad SMARTS) is 1. The van der Waals surface area contributed by atoms with Crippen LogP contribution in [0.1, 0.15) is 68.0 Å². The molecule has 5 aromatic rings. The lowest BCUT2D eigenvalue weighted by Crippen LogP contribution is -2.48. The molecule has 4 aromatic carbocycles. The van der Waals surface area contributed by atoms with Crippen molar-refractivity contribution in [2.45, 2.75) is 70.2 Å². The minimum atomic E-state index is -1.07. The zero-order valence-corrected chi connectivity index (χ0v) is 29.2. The fourth-order valence-electron chi connectivity index (χ4n) is 6.43. The van der Waals surface area contributed by atoms with Crippen molar-refractivity contribution in [3.8, 4) is 11.1 Å². The van der Waals surface area contributed by atoms with Crippen molar-refractivity contribution in [2.75, 3.05) is 6.61 Å². The second kappa shape index (κ2) is 15.5. The van der Waals surface area contributed by atoms with Gasteiger partial charge in [-0.15, -0.1) is 5.10 Å². The summed E-state index contributed by atoms with van der Waals surface area (Å²) in [6.45, 7) is 5.17. The zero-order valence-electron chi connectivity index (χ0n) is 29.2. The van der Waals surface area contributed by atoms with E-state index in [1.807, 2.05) is 78.9 Å². The average Bonchev–Trinajstić information content (AvgIpc) is 3.71. The van der Waals surface area contributed by atoms with E-state index >= 15 is 0 Å². The number of nitrogens with one attached hydrogen (secondary N) is 2. The Morgan fingerprint density at radius 3 is 2.21 bits per heavy atom. The van der Waals surface area contributed by atoms with Crippen LogP contribution < -0.4 is 10.6 Å². The van der Waals surface area contributed by atoms with E-state index in [2.05, 4.69) is 33.1 Å². The van der Waals surface area contributed by atoms with Crippen molar-refractivity contribution in [3.05, 3.63) is 120 Å². The predicted octanol–water partition coefficient (Wildman–Crippen LogP) is 5.95. The number of alkyl carbamates (subject to hydrolysis) is 1. The number of ether oxygens (including phenoxy) is 2. The summed E-state index contributed by atoms with van der Waals surface area (Å²) < 4.78 is 12.5. The topological polar surface area (TPSA) is 162 Å². The number of amides is 2. The standard InChI is InChI=1S/C40H41N5O7/c1-40(2,3)52-38(49)35(18-19-36(46)47)45-23-28(43-44-45)22-41-37(48)34(21-25-16-17-26-10-4-5-11-27(26)20-25)42-39(50)51-24-33-31-14-8-6-12-29(31)30-13-7-9-15-32(30)33/h4-17,20,23,33-35H,18-19,21-22,24H2,1-3H3,(H,41,48)(H,42,50)(H,46,47). The summed E-state index contributed by atoms with van der Waals surface area (Å²) >= 11 is 0. The van der Waals surface area contributed by atoms with E-state index in [4.69, 9.17) is 9.47 Å². The number of nitrogens with zero attached hydrogens (tertiary/aromatic N) is 3. The molecule has 0 radical (unpaired) electrons. The van der Waals surface area contributed by atoms with Crippen LogP contribution in [0.15, 0.2) is 97.2 Å². The van der Waals surface area contributed by atoms with Crippen molar-refractivity contribution >= 4 is 34.7 Å². The number of rotatable bonds is 13. The first-order valence-electron chi connectivity index (χ1n) is 17.2. The Bertz CT molecular complexity index is 2060. The van der Waals surface area contributed by atoms with Gasteiger partial charge in [-0.25, -0.2) is 14.3 Å². The van der Waals surface area contributed by atoms with Gasteiger partial charge in [0, 0.05) is 18.8 Å². The number of carboxylic acids is 1. The van der Waals surface area contributed by atoms with Crippen LogP contribution in [0.3, 0.4) is 0 Å². The Morgan fingerprint density at radius 2 is 1.54 bits per heavy atom. The highest BCUT2D eigenvalue weighted by molar-refractivity contribution is 5.87. The van der Waals surface area contributed by atoms with Crippen molar-refractivity contribution in [1.29, 1.82) is 0 Å². The SMILES string of the molecule is CC(C)(C)OC(=O)C(CCC(=O)O)n1cc(CNC(=O)C(Cc2ccc3ccccc3c2)NC(=O)OCC2c3ccccc3-c3ccccc32)nn1. The maximum atomic E-state index is 13.7. The van der Waals surface area contributed by atoms with Gasteiger partial charge < -0.3 is 25.2 Å². The van der Waals surface area contributed by atoms with Gasteiger partial charge in [-0.1, -0.05) is 96.2 Å². The Morgan fingerprint density at radius 1 is 0.885 bits per heavy atom. The lowest BCUT2D eigenvalue weighted by atomic mass is 9.98. The van der Waals surface area contributed by atoms with E-state index < -0.39 is 41.6 Å². The lowest BCUT2D eigenvalue weighted by Gasteiger charge is -2.23. The van der Waals surface area contributed by atoms with Crippen LogP contribution in [0, 0.1) is 0 Å². The van der Waals surface area contributed by atoms with Crippen LogP contribution >= 0.6 is 0 Å². The molecule has 0 fully saturated rings. The van der Waals surface area contributed by atoms with Gasteiger partial charge in [-0.3, -0.25) is 9.59 Å². The first-order valence-corrected chi connectivity index (χ1v) is 17.2. The molecule has 2 unspecified atom stereocenters. The number of carbonyl (C=O) groups is 4. The molecule has 0 bridgehead atoms. The summed E-state index contributed by atoms with van der Waals surface area (Å²) in [6, 6.07) is 27.8. The normalized spacial score (nSPS) is 13.4. The third-order valence-corrected chi connectivity index (χ3v) is 8.84. The fourth-order valence-corrected chi connectivity index (χ4v) is 6.43. The van der Waals surface area contributed by atoms with Crippen LogP contribution in [0.5, 0.6) is 0 Å². The quantitative estimate of drug-likeness (QED) is 0.126. The maximum absolute atomic E-state index is 13.7. The summed E-state index contributed by atoms with van der Waals surface area (Å²) in [4.78, 5) is 51.3. The molecule has 3 N–H and O–H groups in total. The summed E-state index contributed by atoms with van der Waals surface area (Å²) in [7, 11) is 0. The van der Waals surface area contributed by atoms with Crippen LogP contribution in [0.2, 0.25) is 0 Å². The van der Waals surface area contributed by atoms with Crippen LogP contribution in [0.25, 0.3) is 21.9 Å². The molecule has 2 amide bonds. The Hall–Kier alpha value is -6.04. The first-order chi connectivity index (χ1) is 24.9. The highest BCUT2D eigenvalue weighted by Gasteiger charge is 2.31. The molecule has 0 aliphatic heterocycles. The van der Waals surface area contributed by atoms with Crippen molar-refractivity contribution in [3.63, 3.8) is 0 Å². The molecule has 1 aliphatic rings. The van der Waals surface area contributed by atoms with E-state index in [1.54, 1.807) is 20.8 Å². The van der Waals surface area contributed by atoms with Crippen molar-refractivity contribution in [2.24, 2.45) is 0 Å².